The molecular formula is C19H25N3O4S3. The molecule has 3 rings (SSSR count). The number of carbonyl (C=O) groups is 1. The van der Waals surface area contributed by atoms with E-state index >= 15 is 0 Å². The van der Waals surface area contributed by atoms with E-state index in [9.17, 15) is 18.0 Å². The van der Waals surface area contributed by atoms with E-state index in [1.165, 1.54) is 27.7 Å². The van der Waals surface area contributed by atoms with Gasteiger partial charge in [-0.25, -0.2) is 13.4 Å². The number of thiophene rings is 1. The van der Waals surface area contributed by atoms with Gasteiger partial charge < -0.3 is 4.90 Å². The van der Waals surface area contributed by atoms with Gasteiger partial charge in [-0.2, -0.15) is 0 Å². The molecule has 0 bridgehead atoms. The van der Waals surface area contributed by atoms with Gasteiger partial charge in [-0.05, 0) is 25.8 Å². The third-order valence-corrected chi connectivity index (χ3v) is 8.85. The number of aromatic nitrogens is 2. The number of rotatable bonds is 8. The second kappa shape index (κ2) is 9.01. The first-order valence-electron chi connectivity index (χ1n) is 9.56. The molecule has 7 nitrogen and oxygen atoms in total. The van der Waals surface area contributed by atoms with Gasteiger partial charge in [0.2, 0.25) is 5.91 Å². The van der Waals surface area contributed by atoms with Crippen LogP contribution in [0, 0.1) is 0 Å². The molecule has 0 unspecified atom stereocenters. The maximum atomic E-state index is 12.9. The van der Waals surface area contributed by atoms with Crippen LogP contribution in [0.4, 0.5) is 0 Å². The number of sulfone groups is 1. The van der Waals surface area contributed by atoms with Crippen LogP contribution in [0.2, 0.25) is 0 Å². The minimum atomic E-state index is -3.06. The van der Waals surface area contributed by atoms with Gasteiger partial charge >= 0.3 is 0 Å². The van der Waals surface area contributed by atoms with Crippen LogP contribution >= 0.6 is 23.1 Å². The molecule has 0 saturated carbocycles. The Morgan fingerprint density at radius 1 is 1.48 bits per heavy atom. The zero-order chi connectivity index (χ0) is 21.2. The van der Waals surface area contributed by atoms with Crippen molar-refractivity contribution in [3.63, 3.8) is 0 Å². The monoisotopic (exact) mass is 455 g/mol. The SMILES string of the molecule is C=CCn1c(SCC(=O)N(CC)[C@H]2CCS(=O)(=O)C2)nc2sc(CC)cc2c1=O. The van der Waals surface area contributed by atoms with E-state index in [0.29, 0.717) is 34.9 Å². The summed E-state index contributed by atoms with van der Waals surface area (Å²) in [6.45, 7) is 8.37. The molecule has 1 aliphatic rings. The number of aryl methyl sites for hydroxylation is 1. The normalized spacial score (nSPS) is 18.2. The Morgan fingerprint density at radius 2 is 2.24 bits per heavy atom. The summed E-state index contributed by atoms with van der Waals surface area (Å²) in [6, 6.07) is 1.61. The van der Waals surface area contributed by atoms with Crippen molar-refractivity contribution in [1.82, 2.24) is 14.5 Å². The third-order valence-electron chi connectivity index (χ3n) is 4.96. The summed E-state index contributed by atoms with van der Waals surface area (Å²) in [5, 5.41) is 1.08. The molecule has 158 valence electrons. The van der Waals surface area contributed by atoms with Crippen LogP contribution in [0.1, 0.15) is 25.1 Å². The molecule has 0 radical (unpaired) electrons. The number of carbonyl (C=O) groups excluding carboxylic acids is 1. The van der Waals surface area contributed by atoms with Crippen molar-refractivity contribution in [3.8, 4) is 0 Å². The van der Waals surface area contributed by atoms with Gasteiger partial charge in [0.25, 0.3) is 5.56 Å². The molecule has 1 atom stereocenters. The van der Waals surface area contributed by atoms with Gasteiger partial charge in [0, 0.05) is 24.0 Å². The number of hydrogen-bond donors (Lipinski definition) is 0. The average molecular weight is 456 g/mol. The summed E-state index contributed by atoms with van der Waals surface area (Å²) in [6.07, 6.45) is 2.95. The first kappa shape index (κ1) is 22.0. The first-order chi connectivity index (χ1) is 13.8. The standard InChI is InChI=1S/C19H25N3O4S3/c1-4-8-22-18(24)15-10-14(5-2)28-17(15)20-19(22)27-11-16(23)21(6-3)13-7-9-29(25,26)12-13/h4,10,13H,1,5-9,11-12H2,2-3H3/t13-/m0/s1. The van der Waals surface area contributed by atoms with E-state index in [-0.39, 0.29) is 34.8 Å². The van der Waals surface area contributed by atoms with Crippen molar-refractivity contribution in [2.45, 2.75) is 44.4 Å². The first-order valence-corrected chi connectivity index (χ1v) is 13.2. The lowest BCUT2D eigenvalue weighted by Crippen LogP contribution is -2.42. The lowest BCUT2D eigenvalue weighted by Gasteiger charge is -2.26. The lowest BCUT2D eigenvalue weighted by atomic mass is 10.2. The van der Waals surface area contributed by atoms with Crippen LogP contribution in [0.5, 0.6) is 0 Å². The maximum Gasteiger partial charge on any atom is 0.263 e. The third kappa shape index (κ3) is 4.75. The summed E-state index contributed by atoms with van der Waals surface area (Å²) >= 11 is 2.71. The highest BCUT2D eigenvalue weighted by Crippen LogP contribution is 2.26. The quantitative estimate of drug-likeness (QED) is 0.345. The molecule has 1 aliphatic heterocycles. The summed E-state index contributed by atoms with van der Waals surface area (Å²) < 4.78 is 25.1. The molecule has 3 heterocycles. The Morgan fingerprint density at radius 3 is 2.83 bits per heavy atom. The Hall–Kier alpha value is -1.65. The molecule has 10 heteroatoms. The van der Waals surface area contributed by atoms with E-state index in [4.69, 9.17) is 0 Å². The van der Waals surface area contributed by atoms with Gasteiger partial charge in [-0.3, -0.25) is 14.2 Å². The molecule has 1 fully saturated rings. The molecule has 2 aromatic rings. The predicted octanol–water partition coefficient (Wildman–Crippen LogP) is 2.33. The Balaban J connectivity index is 1.83. The van der Waals surface area contributed by atoms with Crippen LogP contribution in [-0.2, 0) is 27.6 Å². The fourth-order valence-electron chi connectivity index (χ4n) is 3.49. The molecule has 0 spiro atoms. The zero-order valence-electron chi connectivity index (χ0n) is 16.6. The van der Waals surface area contributed by atoms with Crippen LogP contribution in [0.25, 0.3) is 10.2 Å². The molecule has 0 N–H and O–H groups in total. The van der Waals surface area contributed by atoms with Crippen LogP contribution < -0.4 is 5.56 Å². The summed E-state index contributed by atoms with van der Waals surface area (Å²) in [5.74, 6) is 0.118. The number of fused-ring (bicyclic) bond motifs is 1. The van der Waals surface area contributed by atoms with Crippen LogP contribution in [-0.4, -0.2) is 58.6 Å². The number of allylic oxidation sites excluding steroid dienone is 1. The zero-order valence-corrected chi connectivity index (χ0v) is 19.0. The Bertz CT molecular complexity index is 1090. The molecule has 29 heavy (non-hydrogen) atoms. The predicted molar refractivity (Wildman–Crippen MR) is 119 cm³/mol. The molecule has 0 aromatic carbocycles. The van der Waals surface area contributed by atoms with Crippen LogP contribution in [0.3, 0.4) is 0 Å². The van der Waals surface area contributed by atoms with Gasteiger partial charge in [-0.15, -0.1) is 17.9 Å². The van der Waals surface area contributed by atoms with E-state index in [0.717, 1.165) is 11.3 Å². The lowest BCUT2D eigenvalue weighted by molar-refractivity contribution is -0.129. The van der Waals surface area contributed by atoms with Crippen molar-refractivity contribution in [2.75, 3.05) is 23.8 Å². The fraction of sp³-hybridized carbons (Fsp3) is 0.526. The van der Waals surface area contributed by atoms with Crippen molar-refractivity contribution in [2.24, 2.45) is 0 Å². The number of thioether (sulfide) groups is 1. The minimum absolute atomic E-state index is 0.0254. The highest BCUT2D eigenvalue weighted by Gasteiger charge is 2.33. The van der Waals surface area contributed by atoms with Crippen molar-refractivity contribution in [3.05, 3.63) is 34.0 Å². The van der Waals surface area contributed by atoms with E-state index < -0.39 is 9.84 Å². The largest absolute Gasteiger partial charge is 0.338 e. The van der Waals surface area contributed by atoms with E-state index in [2.05, 4.69) is 11.6 Å². The number of nitrogens with zero attached hydrogens (tertiary/aromatic N) is 3. The summed E-state index contributed by atoms with van der Waals surface area (Å²) in [5.41, 5.74) is -0.130. The highest BCUT2D eigenvalue weighted by atomic mass is 32.2. The second-order valence-corrected chi connectivity index (χ2v) is 11.2. The Labute approximate surface area is 178 Å². The van der Waals surface area contributed by atoms with Crippen molar-refractivity contribution < 1.29 is 13.2 Å². The molecule has 1 saturated heterocycles. The van der Waals surface area contributed by atoms with Gasteiger partial charge in [0.05, 0.1) is 22.6 Å². The molecule has 0 aliphatic carbocycles. The van der Waals surface area contributed by atoms with Gasteiger partial charge in [0.15, 0.2) is 15.0 Å². The van der Waals surface area contributed by atoms with Crippen molar-refractivity contribution >= 4 is 49.1 Å². The second-order valence-electron chi connectivity index (χ2n) is 6.91. The summed E-state index contributed by atoms with van der Waals surface area (Å²) in [7, 11) is -3.06. The highest BCUT2D eigenvalue weighted by molar-refractivity contribution is 7.99. The minimum Gasteiger partial charge on any atom is -0.338 e. The molecule has 2 aromatic heterocycles. The smallest absolute Gasteiger partial charge is 0.263 e. The van der Waals surface area contributed by atoms with Gasteiger partial charge in [0.1, 0.15) is 4.83 Å². The fourth-order valence-corrected chi connectivity index (χ4v) is 7.12. The Kier molecular flexibility index (Phi) is 6.85. The molecular weight excluding hydrogens is 430 g/mol. The average Bonchev–Trinajstić information content (AvgIpc) is 3.26. The topological polar surface area (TPSA) is 89.3 Å². The van der Waals surface area contributed by atoms with Crippen molar-refractivity contribution in [1.29, 1.82) is 0 Å². The number of hydrogen-bond acceptors (Lipinski definition) is 7. The molecule has 1 amide bonds. The van der Waals surface area contributed by atoms with Crippen LogP contribution in [0.15, 0.2) is 28.7 Å². The maximum absolute atomic E-state index is 12.9. The van der Waals surface area contributed by atoms with E-state index in [1.54, 1.807) is 11.0 Å². The summed E-state index contributed by atoms with van der Waals surface area (Å²) in [4.78, 5) is 33.7. The van der Waals surface area contributed by atoms with E-state index in [1.807, 2.05) is 19.9 Å². The number of amides is 1. The van der Waals surface area contributed by atoms with Gasteiger partial charge in [-0.1, -0.05) is 24.8 Å².